The zero-order valence-corrected chi connectivity index (χ0v) is 7.68. The van der Waals surface area contributed by atoms with Crippen molar-refractivity contribution in [1.82, 2.24) is 15.0 Å². The van der Waals surface area contributed by atoms with E-state index in [9.17, 15) is 0 Å². The highest BCUT2D eigenvalue weighted by atomic mass is 15.3. The molecule has 2 N–H and O–H groups in total. The smallest absolute Gasteiger partial charge is 0.235 e. The first-order valence-corrected chi connectivity index (χ1v) is 3.91. The largest absolute Gasteiger partial charge is 0.368 e. The summed E-state index contributed by atoms with van der Waals surface area (Å²) in [7, 11) is 1.69. The molecule has 0 fully saturated rings. The summed E-state index contributed by atoms with van der Waals surface area (Å²) in [5, 5.41) is 0. The third-order valence-electron chi connectivity index (χ3n) is 1.43. The summed E-state index contributed by atoms with van der Waals surface area (Å²) in [6, 6.07) is 0. The highest BCUT2D eigenvalue weighted by Gasteiger charge is 2.04. The van der Waals surface area contributed by atoms with E-state index >= 15 is 0 Å². The normalized spacial score (nSPS) is 10.6. The predicted octanol–water partition coefficient (Wildman–Crippen LogP) is -0.0618. The van der Waals surface area contributed by atoms with Crippen molar-refractivity contribution < 1.29 is 0 Å². The summed E-state index contributed by atoms with van der Waals surface area (Å²) in [5.41, 5.74) is 5.41. The van der Waals surface area contributed by atoms with Crippen LogP contribution in [-0.2, 0) is 0 Å². The molecule has 0 aromatic carbocycles. The Morgan fingerprint density at radius 1 is 1.62 bits per heavy atom. The van der Waals surface area contributed by atoms with Crippen LogP contribution in [0.25, 0.3) is 0 Å². The lowest BCUT2D eigenvalue weighted by Gasteiger charge is -2.13. The maximum Gasteiger partial charge on any atom is 0.235 e. The van der Waals surface area contributed by atoms with Gasteiger partial charge in [-0.15, -0.1) is 0 Å². The van der Waals surface area contributed by atoms with Crippen LogP contribution in [0, 0.1) is 0 Å². The van der Waals surface area contributed by atoms with E-state index in [0.717, 1.165) is 6.54 Å². The van der Waals surface area contributed by atoms with Gasteiger partial charge in [0.25, 0.3) is 0 Å². The molecule has 0 unspecified atom stereocenters. The molecule has 0 saturated carbocycles. The van der Waals surface area contributed by atoms with Gasteiger partial charge in [-0.25, -0.2) is 9.97 Å². The standard InChI is InChI=1S/C7H12N6/c1-3-13(5-9-2)7-11-4-10-6(8)12-7/h4-5H,3H2,1-2H3,(H2,8,10,11,12). The van der Waals surface area contributed by atoms with Gasteiger partial charge < -0.3 is 10.6 Å². The summed E-state index contributed by atoms with van der Waals surface area (Å²) >= 11 is 0. The summed E-state index contributed by atoms with van der Waals surface area (Å²) in [4.78, 5) is 17.3. The molecule has 0 bridgehead atoms. The van der Waals surface area contributed by atoms with Gasteiger partial charge in [-0.3, -0.25) is 4.99 Å². The first-order valence-electron chi connectivity index (χ1n) is 3.91. The van der Waals surface area contributed by atoms with Gasteiger partial charge in [0.1, 0.15) is 6.33 Å². The van der Waals surface area contributed by atoms with E-state index in [1.165, 1.54) is 6.33 Å². The number of nitrogens with two attached hydrogens (primary N) is 1. The van der Waals surface area contributed by atoms with Crippen molar-refractivity contribution in [2.45, 2.75) is 6.92 Å². The molecule has 0 atom stereocenters. The van der Waals surface area contributed by atoms with Gasteiger partial charge in [0.2, 0.25) is 11.9 Å². The lowest BCUT2D eigenvalue weighted by molar-refractivity contribution is 0.955. The Balaban J connectivity index is 2.91. The van der Waals surface area contributed by atoms with Crippen molar-refractivity contribution in [3.63, 3.8) is 0 Å². The van der Waals surface area contributed by atoms with Crippen molar-refractivity contribution in [3.8, 4) is 0 Å². The molecule has 0 radical (unpaired) electrons. The molecule has 0 aliphatic heterocycles. The molecule has 0 amide bonds. The lowest BCUT2D eigenvalue weighted by Crippen LogP contribution is -2.23. The molecular formula is C7H12N6. The fourth-order valence-corrected chi connectivity index (χ4v) is 0.852. The number of hydrogen-bond donors (Lipinski definition) is 1. The van der Waals surface area contributed by atoms with Crippen molar-refractivity contribution in [3.05, 3.63) is 6.33 Å². The van der Waals surface area contributed by atoms with Gasteiger partial charge >= 0.3 is 0 Å². The third kappa shape index (κ3) is 2.36. The number of nitrogens with zero attached hydrogens (tertiary/aromatic N) is 5. The summed E-state index contributed by atoms with van der Waals surface area (Å²) < 4.78 is 0. The van der Waals surface area contributed by atoms with Crippen LogP contribution in [0.1, 0.15) is 6.92 Å². The van der Waals surface area contributed by atoms with Crippen LogP contribution in [-0.4, -0.2) is 34.9 Å². The van der Waals surface area contributed by atoms with Crippen LogP contribution in [0.3, 0.4) is 0 Å². The van der Waals surface area contributed by atoms with Crippen LogP contribution < -0.4 is 10.6 Å². The minimum atomic E-state index is 0.216. The summed E-state index contributed by atoms with van der Waals surface area (Å²) in [6.45, 7) is 2.71. The van der Waals surface area contributed by atoms with Crippen LogP contribution in [0.5, 0.6) is 0 Å². The second-order valence-electron chi connectivity index (χ2n) is 2.30. The van der Waals surface area contributed by atoms with Gasteiger partial charge in [0, 0.05) is 13.6 Å². The first kappa shape index (κ1) is 9.37. The Morgan fingerprint density at radius 3 is 2.92 bits per heavy atom. The quantitative estimate of drug-likeness (QED) is 0.520. The fraction of sp³-hybridized carbons (Fsp3) is 0.429. The van der Waals surface area contributed by atoms with E-state index in [1.807, 2.05) is 6.92 Å². The third-order valence-corrected chi connectivity index (χ3v) is 1.43. The Hall–Kier alpha value is -1.72. The molecule has 0 aliphatic rings. The Labute approximate surface area is 76.5 Å². The van der Waals surface area contributed by atoms with Crippen molar-refractivity contribution >= 4 is 18.2 Å². The van der Waals surface area contributed by atoms with Crippen molar-refractivity contribution in [2.75, 3.05) is 24.2 Å². The number of aliphatic imine (C=N–C) groups is 1. The van der Waals surface area contributed by atoms with Gasteiger partial charge in [-0.05, 0) is 6.92 Å². The van der Waals surface area contributed by atoms with E-state index in [-0.39, 0.29) is 5.95 Å². The summed E-state index contributed by atoms with van der Waals surface area (Å²) in [5.74, 6) is 0.730. The molecule has 0 spiro atoms. The maximum absolute atomic E-state index is 5.41. The molecule has 1 aromatic heterocycles. The minimum absolute atomic E-state index is 0.216. The molecule has 13 heavy (non-hydrogen) atoms. The number of rotatable bonds is 3. The van der Waals surface area contributed by atoms with Crippen molar-refractivity contribution in [2.24, 2.45) is 4.99 Å². The average Bonchev–Trinajstić information content (AvgIpc) is 2.14. The van der Waals surface area contributed by atoms with E-state index in [2.05, 4.69) is 19.9 Å². The molecule has 1 heterocycles. The van der Waals surface area contributed by atoms with Crippen molar-refractivity contribution in [1.29, 1.82) is 0 Å². The van der Waals surface area contributed by atoms with E-state index in [1.54, 1.807) is 18.3 Å². The molecule has 1 aromatic rings. The molecule has 6 heteroatoms. The number of anilines is 2. The fourth-order valence-electron chi connectivity index (χ4n) is 0.852. The Kier molecular flexibility index (Phi) is 3.13. The highest BCUT2D eigenvalue weighted by Crippen LogP contribution is 2.03. The average molecular weight is 180 g/mol. The second kappa shape index (κ2) is 4.34. The molecular weight excluding hydrogens is 168 g/mol. The van der Waals surface area contributed by atoms with E-state index in [0.29, 0.717) is 5.95 Å². The highest BCUT2D eigenvalue weighted by molar-refractivity contribution is 5.75. The SMILES string of the molecule is CCN(C=NC)c1ncnc(N)n1. The Morgan fingerprint density at radius 2 is 2.38 bits per heavy atom. The monoisotopic (exact) mass is 180 g/mol. The van der Waals surface area contributed by atoms with E-state index < -0.39 is 0 Å². The molecule has 70 valence electrons. The van der Waals surface area contributed by atoms with E-state index in [4.69, 9.17) is 5.73 Å². The van der Waals surface area contributed by atoms with Gasteiger partial charge in [0.15, 0.2) is 0 Å². The Bertz CT molecular complexity index is 297. The van der Waals surface area contributed by atoms with Crippen LogP contribution in [0.15, 0.2) is 11.3 Å². The summed E-state index contributed by atoms with van der Waals surface area (Å²) in [6.07, 6.45) is 3.03. The van der Waals surface area contributed by atoms with Gasteiger partial charge in [-0.2, -0.15) is 4.98 Å². The topological polar surface area (TPSA) is 80.3 Å². The number of hydrogen-bond acceptors (Lipinski definition) is 5. The molecule has 6 nitrogen and oxygen atoms in total. The predicted molar refractivity (Wildman–Crippen MR) is 51.7 cm³/mol. The van der Waals surface area contributed by atoms with Gasteiger partial charge in [0.05, 0.1) is 6.34 Å². The lowest BCUT2D eigenvalue weighted by atomic mass is 10.6. The minimum Gasteiger partial charge on any atom is -0.368 e. The molecule has 1 rings (SSSR count). The first-order chi connectivity index (χ1) is 6.27. The maximum atomic E-state index is 5.41. The van der Waals surface area contributed by atoms with Crippen LogP contribution in [0.2, 0.25) is 0 Å². The zero-order valence-electron chi connectivity index (χ0n) is 7.68. The van der Waals surface area contributed by atoms with Crippen LogP contribution in [0.4, 0.5) is 11.9 Å². The molecule has 0 aliphatic carbocycles. The zero-order chi connectivity index (χ0) is 9.68. The number of aromatic nitrogens is 3. The molecule has 0 saturated heterocycles. The van der Waals surface area contributed by atoms with Crippen LogP contribution >= 0.6 is 0 Å². The van der Waals surface area contributed by atoms with Gasteiger partial charge in [-0.1, -0.05) is 0 Å². The second-order valence-corrected chi connectivity index (χ2v) is 2.30. The number of nitrogen functional groups attached to an aromatic ring is 1.